The van der Waals surface area contributed by atoms with Crippen LogP contribution in [0.25, 0.3) is 0 Å². The first-order valence-electron chi connectivity index (χ1n) is 7.38. The van der Waals surface area contributed by atoms with Crippen molar-refractivity contribution in [3.63, 3.8) is 0 Å². The molecule has 110 valence electrons. The van der Waals surface area contributed by atoms with Gasteiger partial charge in [0, 0.05) is 26.2 Å². The Morgan fingerprint density at radius 1 is 1.25 bits per heavy atom. The highest BCUT2D eigenvalue weighted by atomic mass is 16.2. The molecule has 0 spiro atoms. The number of nitrogens with one attached hydrogen (secondary N) is 1. The van der Waals surface area contributed by atoms with Gasteiger partial charge in [0.05, 0.1) is 0 Å². The number of hydrogen-bond donors (Lipinski definition) is 1. The Labute approximate surface area is 121 Å². The number of likely N-dealkylation sites (N-methyl/N-ethyl adjacent to an activating group) is 1. The molecule has 1 amide bonds. The lowest BCUT2D eigenvalue weighted by molar-refractivity contribution is -0.136. The van der Waals surface area contributed by atoms with Crippen molar-refractivity contribution in [3.05, 3.63) is 35.4 Å². The van der Waals surface area contributed by atoms with Crippen molar-refractivity contribution < 1.29 is 4.79 Å². The van der Waals surface area contributed by atoms with Gasteiger partial charge >= 0.3 is 0 Å². The topological polar surface area (TPSA) is 35.6 Å². The number of rotatable bonds is 4. The van der Waals surface area contributed by atoms with Gasteiger partial charge in [-0.1, -0.05) is 31.2 Å². The molecule has 1 fully saturated rings. The molecule has 0 saturated carbocycles. The Morgan fingerprint density at radius 2 is 1.85 bits per heavy atom. The first-order chi connectivity index (χ1) is 9.63. The fraction of sp³-hybridized carbons (Fsp3) is 0.562. The Bertz CT molecular complexity index is 436. The van der Waals surface area contributed by atoms with Crippen LogP contribution < -0.4 is 5.32 Å². The second-order valence-electron chi connectivity index (χ2n) is 5.54. The van der Waals surface area contributed by atoms with E-state index in [0.29, 0.717) is 0 Å². The van der Waals surface area contributed by atoms with E-state index in [1.165, 1.54) is 5.56 Å². The molecule has 1 aromatic carbocycles. The van der Waals surface area contributed by atoms with E-state index in [1.807, 2.05) is 23.9 Å². The van der Waals surface area contributed by atoms with Gasteiger partial charge in [0.1, 0.15) is 6.04 Å². The predicted octanol–water partition coefficient (Wildman–Crippen LogP) is 1.28. The van der Waals surface area contributed by atoms with Crippen LogP contribution in [0, 0.1) is 0 Å². The molecule has 0 radical (unpaired) electrons. The van der Waals surface area contributed by atoms with E-state index in [9.17, 15) is 4.79 Å². The summed E-state index contributed by atoms with van der Waals surface area (Å²) in [6.45, 7) is 5.53. The normalized spacial score (nSPS) is 17.3. The third-order valence-corrected chi connectivity index (χ3v) is 3.88. The summed E-state index contributed by atoms with van der Waals surface area (Å²) >= 11 is 0. The first-order valence-corrected chi connectivity index (χ1v) is 7.38. The fourth-order valence-corrected chi connectivity index (χ4v) is 2.66. The van der Waals surface area contributed by atoms with E-state index in [-0.39, 0.29) is 11.9 Å². The maximum atomic E-state index is 12.8. The van der Waals surface area contributed by atoms with Crippen molar-refractivity contribution in [2.24, 2.45) is 0 Å². The molecule has 1 unspecified atom stereocenters. The van der Waals surface area contributed by atoms with E-state index in [4.69, 9.17) is 0 Å². The second-order valence-corrected chi connectivity index (χ2v) is 5.54. The van der Waals surface area contributed by atoms with Gasteiger partial charge in [-0.2, -0.15) is 0 Å². The molecule has 4 heteroatoms. The van der Waals surface area contributed by atoms with Gasteiger partial charge < -0.3 is 10.2 Å². The molecule has 0 bridgehead atoms. The van der Waals surface area contributed by atoms with Gasteiger partial charge in [-0.05, 0) is 31.6 Å². The average Bonchev–Trinajstić information content (AvgIpc) is 2.48. The summed E-state index contributed by atoms with van der Waals surface area (Å²) in [6.07, 6.45) is 1.03. The first kappa shape index (κ1) is 15.0. The Hall–Kier alpha value is -1.39. The number of amides is 1. The number of carbonyl (C=O) groups is 1. The van der Waals surface area contributed by atoms with Crippen LogP contribution >= 0.6 is 0 Å². The highest BCUT2D eigenvalue weighted by Gasteiger charge is 2.28. The average molecular weight is 275 g/mol. The predicted molar refractivity (Wildman–Crippen MR) is 81.7 cm³/mol. The van der Waals surface area contributed by atoms with E-state index in [2.05, 4.69) is 36.5 Å². The number of carbonyl (C=O) groups excluding carboxylic acids is 1. The molecule has 1 aromatic rings. The zero-order valence-corrected chi connectivity index (χ0v) is 12.7. The van der Waals surface area contributed by atoms with Crippen LogP contribution in [0.2, 0.25) is 0 Å². The van der Waals surface area contributed by atoms with Crippen molar-refractivity contribution in [1.29, 1.82) is 0 Å². The van der Waals surface area contributed by atoms with Crippen LogP contribution in [0.3, 0.4) is 0 Å². The van der Waals surface area contributed by atoms with Crippen molar-refractivity contribution >= 4 is 5.91 Å². The van der Waals surface area contributed by atoms with Crippen molar-refractivity contribution in [1.82, 2.24) is 15.1 Å². The van der Waals surface area contributed by atoms with Gasteiger partial charge in [-0.3, -0.25) is 9.69 Å². The summed E-state index contributed by atoms with van der Waals surface area (Å²) < 4.78 is 0. The number of benzene rings is 1. The fourth-order valence-electron chi connectivity index (χ4n) is 2.66. The third-order valence-electron chi connectivity index (χ3n) is 3.88. The Morgan fingerprint density at radius 3 is 2.35 bits per heavy atom. The quantitative estimate of drug-likeness (QED) is 0.899. The monoisotopic (exact) mass is 275 g/mol. The number of hydrogen-bond acceptors (Lipinski definition) is 3. The molecule has 4 nitrogen and oxygen atoms in total. The van der Waals surface area contributed by atoms with Crippen LogP contribution in [-0.2, 0) is 11.2 Å². The summed E-state index contributed by atoms with van der Waals surface area (Å²) in [6, 6.07) is 8.24. The molecule has 0 aliphatic carbocycles. The van der Waals surface area contributed by atoms with Gasteiger partial charge in [-0.15, -0.1) is 0 Å². The van der Waals surface area contributed by atoms with Gasteiger partial charge in [0.25, 0.3) is 0 Å². The largest absolute Gasteiger partial charge is 0.338 e. The molecule has 1 aliphatic rings. The minimum Gasteiger partial charge on any atom is -0.338 e. The van der Waals surface area contributed by atoms with Crippen LogP contribution in [0.15, 0.2) is 24.3 Å². The highest BCUT2D eigenvalue weighted by Crippen LogP contribution is 2.22. The molecule has 0 aromatic heterocycles. The molecule has 1 aliphatic heterocycles. The zero-order chi connectivity index (χ0) is 14.5. The maximum Gasteiger partial charge on any atom is 0.244 e. The van der Waals surface area contributed by atoms with Crippen LogP contribution in [0.1, 0.15) is 24.1 Å². The van der Waals surface area contributed by atoms with E-state index in [1.54, 1.807) is 0 Å². The lowest BCUT2D eigenvalue weighted by atomic mass is 10.0. The van der Waals surface area contributed by atoms with Crippen LogP contribution in [-0.4, -0.2) is 56.0 Å². The Balaban J connectivity index is 2.18. The number of aryl methyl sites for hydroxylation is 1. The van der Waals surface area contributed by atoms with E-state index in [0.717, 1.165) is 38.2 Å². The van der Waals surface area contributed by atoms with Gasteiger partial charge in [0.15, 0.2) is 0 Å². The second kappa shape index (κ2) is 6.86. The lowest BCUT2D eigenvalue weighted by Crippen LogP contribution is -2.49. The molecule has 1 N–H and O–H groups in total. The minimum absolute atomic E-state index is 0.181. The Kier molecular flexibility index (Phi) is 5.15. The third kappa shape index (κ3) is 3.38. The van der Waals surface area contributed by atoms with Gasteiger partial charge in [-0.25, -0.2) is 0 Å². The summed E-state index contributed by atoms with van der Waals surface area (Å²) in [5.74, 6) is 0.209. The maximum absolute atomic E-state index is 12.8. The van der Waals surface area contributed by atoms with Crippen LogP contribution in [0.4, 0.5) is 0 Å². The summed E-state index contributed by atoms with van der Waals surface area (Å²) in [5.41, 5.74) is 2.39. The summed E-state index contributed by atoms with van der Waals surface area (Å²) in [7, 11) is 3.94. The van der Waals surface area contributed by atoms with Crippen LogP contribution in [0.5, 0.6) is 0 Å². The summed E-state index contributed by atoms with van der Waals surface area (Å²) in [4.78, 5) is 16.7. The van der Waals surface area contributed by atoms with Crippen molar-refractivity contribution in [2.75, 3.05) is 40.3 Å². The highest BCUT2D eigenvalue weighted by molar-refractivity contribution is 5.83. The van der Waals surface area contributed by atoms with E-state index < -0.39 is 0 Å². The molecule has 20 heavy (non-hydrogen) atoms. The zero-order valence-electron chi connectivity index (χ0n) is 12.7. The molecule has 1 atom stereocenters. The molecule has 1 saturated heterocycles. The van der Waals surface area contributed by atoms with E-state index >= 15 is 0 Å². The minimum atomic E-state index is -0.181. The molecular weight excluding hydrogens is 250 g/mol. The molecular formula is C16H25N3O. The van der Waals surface area contributed by atoms with Crippen molar-refractivity contribution in [2.45, 2.75) is 19.4 Å². The summed E-state index contributed by atoms with van der Waals surface area (Å²) in [5, 5.41) is 3.29. The van der Waals surface area contributed by atoms with Gasteiger partial charge in [0.2, 0.25) is 5.91 Å². The lowest BCUT2D eigenvalue weighted by Gasteiger charge is -2.33. The smallest absolute Gasteiger partial charge is 0.244 e. The molecule has 1 heterocycles. The number of nitrogens with zero attached hydrogens (tertiary/aromatic N) is 2. The molecule has 2 rings (SSSR count). The van der Waals surface area contributed by atoms with Crippen molar-refractivity contribution in [3.8, 4) is 0 Å². The standard InChI is InChI=1S/C16H25N3O/c1-4-13-5-7-14(8-6-13)15(18(2)3)16(20)19-11-9-17-10-12-19/h5-8,15,17H,4,9-12H2,1-3H3. The SMILES string of the molecule is CCc1ccc(C(C(=O)N2CCNCC2)N(C)C)cc1. The number of piperazine rings is 1.